The molecule has 2 aromatic carbocycles. The molecule has 0 atom stereocenters. The summed E-state index contributed by atoms with van der Waals surface area (Å²) < 4.78 is 6.40. The Bertz CT molecular complexity index is 739. The summed E-state index contributed by atoms with van der Waals surface area (Å²) in [6.45, 7) is 7.74. The van der Waals surface area contributed by atoms with Gasteiger partial charge in [-0.15, -0.1) is 0 Å². The monoisotopic (exact) mass is 395 g/mol. The normalized spacial score (nSPS) is 10.5. The smallest absolute Gasteiger partial charge is 0.262 e. The van der Waals surface area contributed by atoms with Gasteiger partial charge >= 0.3 is 0 Å². The number of nitrogens with one attached hydrogen (secondary N) is 1. The van der Waals surface area contributed by atoms with Crippen LogP contribution in [0, 0.1) is 27.7 Å². The molecule has 0 spiro atoms. The SMILES string of the molecule is Cc1cc(C)cc(NC(=O)COc2cc(C)c(Cl)c(C)c2Br)c1. The molecule has 0 saturated carbocycles. The van der Waals surface area contributed by atoms with Crippen molar-refractivity contribution in [3.05, 3.63) is 56.0 Å². The number of hydrogen-bond donors (Lipinski definition) is 1. The molecule has 0 bridgehead atoms. The number of carbonyl (C=O) groups excluding carboxylic acids is 1. The zero-order chi connectivity index (χ0) is 17.1. The predicted octanol–water partition coefficient (Wildman–Crippen LogP) is 5.35. The van der Waals surface area contributed by atoms with E-state index >= 15 is 0 Å². The van der Waals surface area contributed by atoms with E-state index < -0.39 is 0 Å². The molecule has 2 aromatic rings. The fourth-order valence-corrected chi connectivity index (χ4v) is 3.08. The van der Waals surface area contributed by atoms with Crippen LogP contribution in [0.15, 0.2) is 28.7 Å². The maximum Gasteiger partial charge on any atom is 0.262 e. The minimum atomic E-state index is -0.202. The van der Waals surface area contributed by atoms with Gasteiger partial charge in [-0.2, -0.15) is 0 Å². The molecule has 0 aliphatic heterocycles. The molecule has 122 valence electrons. The van der Waals surface area contributed by atoms with Gasteiger partial charge in [-0.25, -0.2) is 0 Å². The zero-order valence-corrected chi connectivity index (χ0v) is 15.9. The van der Waals surface area contributed by atoms with Crippen LogP contribution in [0.2, 0.25) is 5.02 Å². The Hall–Kier alpha value is -1.52. The van der Waals surface area contributed by atoms with Crippen LogP contribution in [0.5, 0.6) is 5.75 Å². The Morgan fingerprint density at radius 1 is 1.13 bits per heavy atom. The molecule has 0 aliphatic carbocycles. The summed E-state index contributed by atoms with van der Waals surface area (Å²) >= 11 is 9.65. The van der Waals surface area contributed by atoms with Crippen LogP contribution < -0.4 is 10.1 Å². The first-order valence-corrected chi connectivity index (χ1v) is 8.41. The van der Waals surface area contributed by atoms with E-state index in [1.807, 2.05) is 45.9 Å². The first-order chi connectivity index (χ1) is 10.8. The first-order valence-electron chi connectivity index (χ1n) is 7.24. The third kappa shape index (κ3) is 4.49. The summed E-state index contributed by atoms with van der Waals surface area (Å²) in [6.07, 6.45) is 0. The molecule has 0 saturated heterocycles. The van der Waals surface area contributed by atoms with Gasteiger partial charge in [-0.1, -0.05) is 17.7 Å². The molecule has 0 radical (unpaired) electrons. The summed E-state index contributed by atoms with van der Waals surface area (Å²) in [6, 6.07) is 7.74. The fourth-order valence-electron chi connectivity index (χ4n) is 2.39. The van der Waals surface area contributed by atoms with E-state index in [4.69, 9.17) is 16.3 Å². The van der Waals surface area contributed by atoms with Crippen molar-refractivity contribution in [2.45, 2.75) is 27.7 Å². The molecular weight excluding hydrogens is 378 g/mol. The summed E-state index contributed by atoms with van der Waals surface area (Å²) in [5, 5.41) is 3.55. The van der Waals surface area contributed by atoms with Crippen molar-refractivity contribution in [1.29, 1.82) is 0 Å². The van der Waals surface area contributed by atoms with Crippen molar-refractivity contribution in [3.63, 3.8) is 0 Å². The third-order valence-corrected chi connectivity index (χ3v) is 5.00. The highest BCUT2D eigenvalue weighted by Gasteiger charge is 2.12. The molecule has 0 aliphatic rings. The van der Waals surface area contributed by atoms with Crippen molar-refractivity contribution in [2.24, 2.45) is 0 Å². The van der Waals surface area contributed by atoms with E-state index in [1.165, 1.54) is 0 Å². The van der Waals surface area contributed by atoms with Crippen molar-refractivity contribution >= 4 is 39.1 Å². The van der Waals surface area contributed by atoms with Gasteiger partial charge in [0.1, 0.15) is 5.75 Å². The molecular formula is C18H19BrClNO2. The van der Waals surface area contributed by atoms with Gasteiger partial charge in [0, 0.05) is 10.7 Å². The minimum Gasteiger partial charge on any atom is -0.483 e. The lowest BCUT2D eigenvalue weighted by molar-refractivity contribution is -0.118. The van der Waals surface area contributed by atoms with E-state index in [9.17, 15) is 4.79 Å². The lowest BCUT2D eigenvalue weighted by Gasteiger charge is -2.13. The van der Waals surface area contributed by atoms with E-state index in [0.717, 1.165) is 32.4 Å². The van der Waals surface area contributed by atoms with Crippen molar-refractivity contribution < 1.29 is 9.53 Å². The number of rotatable bonds is 4. The van der Waals surface area contributed by atoms with Crippen LogP contribution in [-0.4, -0.2) is 12.5 Å². The molecule has 1 N–H and O–H groups in total. The first kappa shape index (κ1) is 17.8. The predicted molar refractivity (Wildman–Crippen MR) is 98.7 cm³/mol. The summed E-state index contributed by atoms with van der Waals surface area (Å²) in [7, 11) is 0. The average molecular weight is 397 g/mol. The molecule has 0 aromatic heterocycles. The van der Waals surface area contributed by atoms with Crippen molar-refractivity contribution in [3.8, 4) is 5.75 Å². The number of anilines is 1. The van der Waals surface area contributed by atoms with Gasteiger partial charge in [0.2, 0.25) is 0 Å². The Morgan fingerprint density at radius 2 is 1.74 bits per heavy atom. The minimum absolute atomic E-state index is 0.0634. The Balaban J connectivity index is 2.05. The molecule has 3 nitrogen and oxygen atoms in total. The fraction of sp³-hybridized carbons (Fsp3) is 0.278. The van der Waals surface area contributed by atoms with Crippen LogP contribution >= 0.6 is 27.5 Å². The van der Waals surface area contributed by atoms with Gasteiger partial charge in [0.25, 0.3) is 5.91 Å². The van der Waals surface area contributed by atoms with Gasteiger partial charge < -0.3 is 10.1 Å². The maximum atomic E-state index is 12.1. The van der Waals surface area contributed by atoms with Crippen molar-refractivity contribution in [2.75, 3.05) is 11.9 Å². The van der Waals surface area contributed by atoms with E-state index in [1.54, 1.807) is 0 Å². The highest BCUT2D eigenvalue weighted by atomic mass is 79.9. The van der Waals surface area contributed by atoms with Gasteiger partial charge in [0.15, 0.2) is 6.61 Å². The third-order valence-electron chi connectivity index (χ3n) is 3.43. The molecule has 2 rings (SSSR count). The van der Waals surface area contributed by atoms with Gasteiger partial charge in [0.05, 0.1) is 4.47 Å². The second-order valence-electron chi connectivity index (χ2n) is 5.66. The number of amides is 1. The van der Waals surface area contributed by atoms with E-state index in [2.05, 4.69) is 27.3 Å². The molecule has 0 unspecified atom stereocenters. The highest BCUT2D eigenvalue weighted by Crippen LogP contribution is 2.35. The Morgan fingerprint density at radius 3 is 2.35 bits per heavy atom. The Kier molecular flexibility index (Phi) is 5.71. The maximum absolute atomic E-state index is 12.1. The highest BCUT2D eigenvalue weighted by molar-refractivity contribution is 9.10. The standard InChI is InChI=1S/C18H19BrClNO2/c1-10-5-11(2)7-14(6-10)21-16(22)9-23-15-8-12(3)18(20)13(4)17(15)19/h5-8H,9H2,1-4H3,(H,21,22). The van der Waals surface area contributed by atoms with Crippen molar-refractivity contribution in [1.82, 2.24) is 0 Å². The Labute approximate surface area is 150 Å². The lowest BCUT2D eigenvalue weighted by atomic mass is 10.1. The summed E-state index contributed by atoms with van der Waals surface area (Å²) in [5.74, 6) is 0.409. The second-order valence-corrected chi connectivity index (χ2v) is 6.83. The zero-order valence-electron chi connectivity index (χ0n) is 13.6. The van der Waals surface area contributed by atoms with Gasteiger partial charge in [-0.3, -0.25) is 4.79 Å². The number of carbonyl (C=O) groups is 1. The molecule has 1 amide bonds. The largest absolute Gasteiger partial charge is 0.483 e. The van der Waals surface area contributed by atoms with Crippen LogP contribution in [0.3, 0.4) is 0 Å². The number of hydrogen-bond acceptors (Lipinski definition) is 2. The summed E-state index contributed by atoms with van der Waals surface area (Å²) in [5.41, 5.74) is 4.80. The second kappa shape index (κ2) is 7.37. The number of benzene rings is 2. The molecule has 0 fully saturated rings. The van der Waals surface area contributed by atoms with Crippen LogP contribution in [-0.2, 0) is 4.79 Å². The topological polar surface area (TPSA) is 38.3 Å². The number of halogens is 2. The lowest BCUT2D eigenvalue weighted by Crippen LogP contribution is -2.20. The molecule has 0 heterocycles. The quantitative estimate of drug-likeness (QED) is 0.756. The molecule has 23 heavy (non-hydrogen) atoms. The van der Waals surface area contributed by atoms with Crippen LogP contribution in [0.25, 0.3) is 0 Å². The van der Waals surface area contributed by atoms with Gasteiger partial charge in [-0.05, 0) is 84.1 Å². The van der Waals surface area contributed by atoms with E-state index in [-0.39, 0.29) is 12.5 Å². The molecule has 5 heteroatoms. The van der Waals surface area contributed by atoms with Crippen LogP contribution in [0.4, 0.5) is 5.69 Å². The average Bonchev–Trinajstić information content (AvgIpc) is 2.46. The van der Waals surface area contributed by atoms with E-state index in [0.29, 0.717) is 10.8 Å². The number of aryl methyl sites for hydroxylation is 3. The van der Waals surface area contributed by atoms with Crippen LogP contribution in [0.1, 0.15) is 22.3 Å². The summed E-state index contributed by atoms with van der Waals surface area (Å²) in [4.78, 5) is 12.1. The number of ether oxygens (including phenoxy) is 1.